The molecule has 0 saturated carbocycles. The average molecular weight is 463 g/mol. The van der Waals surface area contributed by atoms with Crippen LogP contribution in [0, 0.1) is 5.92 Å². The van der Waals surface area contributed by atoms with Crippen LogP contribution in [0.2, 0.25) is 0 Å². The molecule has 2 aromatic rings. The zero-order valence-electron chi connectivity index (χ0n) is 18.9. The number of nitrogens with zero attached hydrogens (tertiary/aromatic N) is 2. The summed E-state index contributed by atoms with van der Waals surface area (Å²) in [5.41, 5.74) is 0.525. The van der Waals surface area contributed by atoms with Crippen molar-refractivity contribution in [3.05, 3.63) is 48.0 Å². The molecule has 9 heteroatoms. The molecule has 0 N–H and O–H groups in total. The molecule has 1 amide bonds. The third-order valence-electron chi connectivity index (χ3n) is 5.18. The maximum Gasteiger partial charge on any atom is 0.254 e. The number of ether oxygens (including phenoxy) is 3. The maximum atomic E-state index is 13.2. The molecule has 0 aliphatic carbocycles. The van der Waals surface area contributed by atoms with Gasteiger partial charge >= 0.3 is 0 Å². The summed E-state index contributed by atoms with van der Waals surface area (Å²) in [6.45, 7) is 5.66. The monoisotopic (exact) mass is 462 g/mol. The highest BCUT2D eigenvalue weighted by Gasteiger charge is 2.32. The molecule has 1 aliphatic heterocycles. The second kappa shape index (κ2) is 10.2. The van der Waals surface area contributed by atoms with Gasteiger partial charge in [-0.2, -0.15) is 4.31 Å². The van der Waals surface area contributed by atoms with Crippen LogP contribution < -0.4 is 14.2 Å². The normalized spacial score (nSPS) is 15.0. The van der Waals surface area contributed by atoms with Gasteiger partial charge in [0.2, 0.25) is 10.0 Å². The van der Waals surface area contributed by atoms with Crippen LogP contribution in [-0.2, 0) is 10.0 Å². The molecule has 1 aliphatic rings. The van der Waals surface area contributed by atoms with Gasteiger partial charge in [0.25, 0.3) is 5.91 Å². The first kappa shape index (κ1) is 23.9. The van der Waals surface area contributed by atoms with E-state index in [1.807, 2.05) is 6.07 Å². The van der Waals surface area contributed by atoms with Gasteiger partial charge in [-0.25, -0.2) is 8.42 Å². The third-order valence-corrected chi connectivity index (χ3v) is 7.10. The summed E-state index contributed by atoms with van der Waals surface area (Å²) in [7, 11) is -0.898. The number of hydrogen-bond acceptors (Lipinski definition) is 6. The van der Waals surface area contributed by atoms with E-state index in [4.69, 9.17) is 14.2 Å². The van der Waals surface area contributed by atoms with E-state index in [-0.39, 0.29) is 29.6 Å². The molecule has 8 nitrogen and oxygen atoms in total. The number of amides is 1. The summed E-state index contributed by atoms with van der Waals surface area (Å²) < 4.78 is 44.0. The molecule has 1 heterocycles. The highest BCUT2D eigenvalue weighted by molar-refractivity contribution is 7.89. The number of piperazine rings is 1. The molecule has 2 aromatic carbocycles. The first-order valence-electron chi connectivity index (χ1n) is 10.5. The first-order chi connectivity index (χ1) is 15.3. The van der Waals surface area contributed by atoms with Crippen LogP contribution in [0.3, 0.4) is 0 Å². The van der Waals surface area contributed by atoms with Crippen LogP contribution in [0.5, 0.6) is 17.2 Å². The van der Waals surface area contributed by atoms with E-state index in [1.165, 1.54) is 24.6 Å². The second-order valence-electron chi connectivity index (χ2n) is 7.95. The Hall–Kier alpha value is -2.78. The van der Waals surface area contributed by atoms with Gasteiger partial charge in [-0.3, -0.25) is 4.79 Å². The van der Waals surface area contributed by atoms with Gasteiger partial charge in [-0.1, -0.05) is 19.9 Å². The van der Waals surface area contributed by atoms with E-state index >= 15 is 0 Å². The molecule has 174 valence electrons. The lowest BCUT2D eigenvalue weighted by molar-refractivity contribution is 0.0697. The molecule has 0 radical (unpaired) electrons. The Balaban J connectivity index is 1.70. The number of rotatable bonds is 8. The molecule has 0 spiro atoms. The number of methoxy groups -OCH3 is 2. The average Bonchev–Trinajstić information content (AvgIpc) is 2.82. The van der Waals surface area contributed by atoms with Gasteiger partial charge in [-0.05, 0) is 36.2 Å². The minimum absolute atomic E-state index is 0.0501. The Morgan fingerprint density at radius 2 is 1.69 bits per heavy atom. The maximum absolute atomic E-state index is 13.2. The molecule has 0 atom stereocenters. The smallest absolute Gasteiger partial charge is 0.254 e. The fourth-order valence-electron chi connectivity index (χ4n) is 3.42. The van der Waals surface area contributed by atoms with Gasteiger partial charge < -0.3 is 19.1 Å². The van der Waals surface area contributed by atoms with E-state index in [0.29, 0.717) is 42.7 Å². The molecule has 32 heavy (non-hydrogen) atoms. The summed E-state index contributed by atoms with van der Waals surface area (Å²) in [5, 5.41) is 0. The number of carbonyl (C=O) groups excluding carboxylic acids is 1. The van der Waals surface area contributed by atoms with Gasteiger partial charge in [0.05, 0.1) is 20.8 Å². The number of benzene rings is 2. The molecular formula is C23H30N2O6S. The van der Waals surface area contributed by atoms with E-state index in [2.05, 4.69) is 13.8 Å². The highest BCUT2D eigenvalue weighted by Crippen LogP contribution is 2.31. The van der Waals surface area contributed by atoms with Crippen molar-refractivity contribution in [1.29, 1.82) is 0 Å². The Bertz CT molecular complexity index is 1050. The predicted octanol–water partition coefficient (Wildman–Crippen LogP) is 2.89. The fraction of sp³-hybridized carbons (Fsp3) is 0.435. The van der Waals surface area contributed by atoms with Crippen molar-refractivity contribution >= 4 is 15.9 Å². The van der Waals surface area contributed by atoms with Crippen LogP contribution in [0.15, 0.2) is 47.4 Å². The van der Waals surface area contributed by atoms with Gasteiger partial charge in [0.15, 0.2) is 0 Å². The Morgan fingerprint density at radius 3 is 2.31 bits per heavy atom. The topological polar surface area (TPSA) is 85.4 Å². The van der Waals surface area contributed by atoms with E-state index < -0.39 is 10.0 Å². The first-order valence-corrected chi connectivity index (χ1v) is 11.9. The lowest BCUT2D eigenvalue weighted by atomic mass is 10.1. The Morgan fingerprint density at radius 1 is 0.969 bits per heavy atom. The van der Waals surface area contributed by atoms with Crippen molar-refractivity contribution in [1.82, 2.24) is 9.21 Å². The van der Waals surface area contributed by atoms with E-state index in [0.717, 1.165) is 0 Å². The Kier molecular flexibility index (Phi) is 7.63. The van der Waals surface area contributed by atoms with E-state index in [1.54, 1.807) is 35.2 Å². The lowest BCUT2D eigenvalue weighted by Crippen LogP contribution is -2.50. The van der Waals surface area contributed by atoms with Crippen molar-refractivity contribution in [3.63, 3.8) is 0 Å². The molecule has 3 rings (SSSR count). The summed E-state index contributed by atoms with van der Waals surface area (Å²) in [6, 6.07) is 11.8. The predicted molar refractivity (Wildman–Crippen MR) is 121 cm³/mol. The fourth-order valence-corrected chi connectivity index (χ4v) is 5.01. The van der Waals surface area contributed by atoms with Crippen LogP contribution in [0.1, 0.15) is 24.2 Å². The van der Waals surface area contributed by atoms with Crippen molar-refractivity contribution in [3.8, 4) is 17.2 Å². The SMILES string of the molecule is COc1ccc(OC)c(S(=O)(=O)N2CCN(C(=O)c3cccc(OCC(C)C)c3)CC2)c1. The minimum Gasteiger partial charge on any atom is -0.497 e. The molecule has 0 aromatic heterocycles. The quantitative estimate of drug-likeness (QED) is 0.600. The number of carbonyl (C=O) groups is 1. The molecule has 1 saturated heterocycles. The van der Waals surface area contributed by atoms with Gasteiger partial charge in [0, 0.05) is 37.8 Å². The third kappa shape index (κ3) is 5.34. The summed E-state index contributed by atoms with van der Waals surface area (Å²) in [4.78, 5) is 14.7. The lowest BCUT2D eigenvalue weighted by Gasteiger charge is -2.34. The zero-order valence-corrected chi connectivity index (χ0v) is 19.7. The molecule has 0 unspecified atom stereocenters. The largest absolute Gasteiger partial charge is 0.497 e. The van der Waals surface area contributed by atoms with E-state index in [9.17, 15) is 13.2 Å². The van der Waals surface area contributed by atoms with Gasteiger partial charge in [-0.15, -0.1) is 0 Å². The molecule has 0 bridgehead atoms. The van der Waals surface area contributed by atoms with Crippen LogP contribution in [0.25, 0.3) is 0 Å². The van der Waals surface area contributed by atoms with Crippen molar-refractivity contribution in [2.45, 2.75) is 18.7 Å². The second-order valence-corrected chi connectivity index (χ2v) is 9.85. The molecule has 1 fully saturated rings. The standard InChI is InChI=1S/C23H30N2O6S/c1-17(2)16-31-20-7-5-6-18(14-20)23(26)24-10-12-25(13-11-24)32(27,28)22-15-19(29-3)8-9-21(22)30-4/h5-9,14-15,17H,10-13,16H2,1-4H3. The van der Waals surface area contributed by atoms with Crippen LogP contribution in [-0.4, -0.2) is 70.5 Å². The number of sulfonamides is 1. The van der Waals surface area contributed by atoms with Crippen molar-refractivity contribution in [2.24, 2.45) is 5.92 Å². The molecular weight excluding hydrogens is 432 g/mol. The summed E-state index contributed by atoms with van der Waals surface area (Å²) in [6.07, 6.45) is 0. The highest BCUT2D eigenvalue weighted by atomic mass is 32.2. The van der Waals surface area contributed by atoms with Crippen molar-refractivity contribution < 1.29 is 27.4 Å². The van der Waals surface area contributed by atoms with Gasteiger partial charge in [0.1, 0.15) is 22.1 Å². The zero-order chi connectivity index (χ0) is 23.3. The Labute approximate surface area is 189 Å². The number of hydrogen-bond donors (Lipinski definition) is 0. The minimum atomic E-state index is -3.80. The van der Waals surface area contributed by atoms with Crippen LogP contribution >= 0.6 is 0 Å². The summed E-state index contributed by atoms with van der Waals surface area (Å²) in [5.74, 6) is 1.57. The van der Waals surface area contributed by atoms with Crippen molar-refractivity contribution in [2.75, 3.05) is 47.0 Å². The summed E-state index contributed by atoms with van der Waals surface area (Å²) >= 11 is 0. The van der Waals surface area contributed by atoms with Crippen LogP contribution in [0.4, 0.5) is 0 Å².